The Bertz CT molecular complexity index is 417. The van der Waals surface area contributed by atoms with Gasteiger partial charge in [-0.05, 0) is 5.56 Å². The van der Waals surface area contributed by atoms with Crippen LogP contribution in [-0.4, -0.2) is 42.2 Å². The number of benzene rings is 1. The maximum absolute atomic E-state index is 11.0. The molecule has 90 valence electrons. The normalized spacial score (nSPS) is 20.3. The van der Waals surface area contributed by atoms with Crippen LogP contribution in [0.25, 0.3) is 4.91 Å². The van der Waals surface area contributed by atoms with Gasteiger partial charge in [0.1, 0.15) is 12.3 Å². The Hall–Kier alpha value is -1.26. The second kappa shape index (κ2) is 5.38. The van der Waals surface area contributed by atoms with Crippen LogP contribution in [0.5, 0.6) is 0 Å². The predicted molar refractivity (Wildman–Crippen MR) is 72.3 cm³/mol. The van der Waals surface area contributed by atoms with Gasteiger partial charge in [-0.15, -0.1) is 11.8 Å². The topological polar surface area (TPSA) is 23.6 Å². The molecule has 2 rings (SSSR count). The van der Waals surface area contributed by atoms with Crippen LogP contribution in [0.1, 0.15) is 5.56 Å². The fourth-order valence-corrected chi connectivity index (χ4v) is 2.85. The molecule has 0 bridgehead atoms. The van der Waals surface area contributed by atoms with Gasteiger partial charge in [-0.2, -0.15) is 0 Å². The Morgan fingerprint density at radius 2 is 2.06 bits per heavy atom. The van der Waals surface area contributed by atoms with E-state index in [0.29, 0.717) is 0 Å². The molecule has 0 radical (unpaired) electrons. The van der Waals surface area contributed by atoms with Crippen molar-refractivity contribution in [1.82, 2.24) is 10.0 Å². The molecule has 1 aromatic rings. The summed E-state index contributed by atoms with van der Waals surface area (Å²) in [5, 5.41) is 3.92. The quantitative estimate of drug-likeness (QED) is 0.764. The molecule has 0 aromatic heterocycles. The van der Waals surface area contributed by atoms with E-state index in [-0.39, 0.29) is 6.04 Å². The molecule has 3 nitrogen and oxygen atoms in total. The maximum Gasteiger partial charge on any atom is 0.144 e. The molecule has 0 spiro atoms. The Morgan fingerprint density at radius 1 is 1.35 bits per heavy atom. The monoisotopic (exact) mass is 248 g/mol. The van der Waals surface area contributed by atoms with Crippen molar-refractivity contribution < 1.29 is 4.79 Å². The zero-order chi connectivity index (χ0) is 12.3. The van der Waals surface area contributed by atoms with Crippen LogP contribution >= 0.6 is 11.8 Å². The molecular formula is C13H16N2OS. The Morgan fingerprint density at radius 3 is 2.65 bits per heavy atom. The van der Waals surface area contributed by atoms with Crippen LogP contribution in [-0.2, 0) is 4.79 Å². The number of aldehydes is 1. The van der Waals surface area contributed by atoms with E-state index in [1.807, 2.05) is 48.5 Å². The zero-order valence-electron chi connectivity index (χ0n) is 10.0. The zero-order valence-corrected chi connectivity index (χ0v) is 10.9. The number of carbonyl (C=O) groups excluding carboxylic acids is 1. The Balaban J connectivity index is 2.28. The van der Waals surface area contributed by atoms with Crippen molar-refractivity contribution in [1.29, 1.82) is 0 Å². The van der Waals surface area contributed by atoms with Gasteiger partial charge >= 0.3 is 0 Å². The SMILES string of the molecule is CN(C)N1C=C(c2ccccc2)SCC1C=O. The summed E-state index contributed by atoms with van der Waals surface area (Å²) in [5.41, 5.74) is 1.20. The first-order valence-corrected chi connectivity index (χ1v) is 6.52. The second-order valence-corrected chi connectivity index (χ2v) is 5.16. The number of rotatable bonds is 3. The fourth-order valence-electron chi connectivity index (χ4n) is 1.78. The van der Waals surface area contributed by atoms with Gasteiger partial charge in [0.05, 0.1) is 0 Å². The molecular weight excluding hydrogens is 232 g/mol. The average Bonchev–Trinajstić information content (AvgIpc) is 2.39. The molecule has 0 N–H and O–H groups in total. The molecule has 1 atom stereocenters. The van der Waals surface area contributed by atoms with E-state index in [2.05, 4.69) is 12.1 Å². The average molecular weight is 248 g/mol. The molecule has 0 saturated carbocycles. The third kappa shape index (κ3) is 2.70. The van der Waals surface area contributed by atoms with Crippen molar-refractivity contribution in [2.45, 2.75) is 6.04 Å². The standard InChI is InChI=1S/C13H16N2OS/c1-14(2)15-8-13(17-10-12(15)9-16)11-6-4-3-5-7-11/h3-9,12H,10H2,1-2H3. The van der Waals surface area contributed by atoms with Gasteiger partial charge in [0.2, 0.25) is 0 Å². The molecule has 1 aromatic carbocycles. The van der Waals surface area contributed by atoms with Gasteiger partial charge in [-0.1, -0.05) is 30.3 Å². The highest BCUT2D eigenvalue weighted by atomic mass is 32.2. The van der Waals surface area contributed by atoms with Gasteiger partial charge in [-0.3, -0.25) is 0 Å². The van der Waals surface area contributed by atoms with E-state index in [9.17, 15) is 4.79 Å². The fraction of sp³-hybridized carbons (Fsp3) is 0.308. The smallest absolute Gasteiger partial charge is 0.144 e. The first-order chi connectivity index (χ1) is 8.22. The van der Waals surface area contributed by atoms with Crippen molar-refractivity contribution in [3.8, 4) is 0 Å². The number of carbonyl (C=O) groups is 1. The summed E-state index contributed by atoms with van der Waals surface area (Å²) in [7, 11) is 3.90. The lowest BCUT2D eigenvalue weighted by Crippen LogP contribution is -2.44. The number of nitrogens with zero attached hydrogens (tertiary/aromatic N) is 2. The molecule has 1 aliphatic heterocycles. The largest absolute Gasteiger partial charge is 0.301 e. The lowest BCUT2D eigenvalue weighted by molar-refractivity contribution is -0.114. The molecule has 1 heterocycles. The van der Waals surface area contributed by atoms with Gasteiger partial charge in [0.25, 0.3) is 0 Å². The molecule has 0 amide bonds. The number of thioether (sulfide) groups is 1. The van der Waals surface area contributed by atoms with Crippen LogP contribution in [0.3, 0.4) is 0 Å². The lowest BCUT2D eigenvalue weighted by atomic mass is 10.2. The summed E-state index contributed by atoms with van der Waals surface area (Å²) < 4.78 is 0. The van der Waals surface area contributed by atoms with Crippen LogP contribution in [0.15, 0.2) is 36.5 Å². The molecule has 1 unspecified atom stereocenters. The second-order valence-electron chi connectivity index (χ2n) is 4.10. The summed E-state index contributed by atoms with van der Waals surface area (Å²) in [4.78, 5) is 12.2. The van der Waals surface area contributed by atoms with Crippen molar-refractivity contribution in [3.05, 3.63) is 42.1 Å². The molecule has 17 heavy (non-hydrogen) atoms. The highest BCUT2D eigenvalue weighted by Gasteiger charge is 2.23. The predicted octanol–water partition coefficient (Wildman–Crippen LogP) is 2.08. The maximum atomic E-state index is 11.0. The van der Waals surface area contributed by atoms with E-state index in [1.54, 1.807) is 11.8 Å². The van der Waals surface area contributed by atoms with Crippen LogP contribution in [0, 0.1) is 0 Å². The Labute approximate surface area is 106 Å². The van der Waals surface area contributed by atoms with E-state index < -0.39 is 0 Å². The number of hydrazine groups is 1. The summed E-state index contributed by atoms with van der Waals surface area (Å²) >= 11 is 1.73. The molecule has 0 saturated heterocycles. The van der Waals surface area contributed by atoms with Gasteiger partial charge in [0.15, 0.2) is 0 Å². The third-order valence-corrected chi connectivity index (χ3v) is 3.84. The highest BCUT2D eigenvalue weighted by molar-refractivity contribution is 8.08. The van der Waals surface area contributed by atoms with E-state index in [0.717, 1.165) is 12.0 Å². The van der Waals surface area contributed by atoms with E-state index >= 15 is 0 Å². The van der Waals surface area contributed by atoms with Gasteiger partial charge in [0, 0.05) is 31.0 Å². The van der Waals surface area contributed by atoms with E-state index in [4.69, 9.17) is 0 Å². The first kappa shape index (κ1) is 12.2. The minimum absolute atomic E-state index is 0.0672. The Kier molecular flexibility index (Phi) is 3.86. The summed E-state index contributed by atoms with van der Waals surface area (Å²) in [5.74, 6) is 0.794. The first-order valence-electron chi connectivity index (χ1n) is 5.53. The lowest BCUT2D eigenvalue weighted by Gasteiger charge is -2.36. The summed E-state index contributed by atoms with van der Waals surface area (Å²) in [6.07, 6.45) is 3.05. The minimum atomic E-state index is -0.0672. The van der Waals surface area contributed by atoms with Crippen molar-refractivity contribution >= 4 is 23.0 Å². The molecule has 0 aliphatic carbocycles. The van der Waals surface area contributed by atoms with Gasteiger partial charge in [-0.25, -0.2) is 5.01 Å². The van der Waals surface area contributed by atoms with Gasteiger partial charge < -0.3 is 9.80 Å². The summed E-state index contributed by atoms with van der Waals surface area (Å²) in [6, 6.07) is 10.2. The van der Waals surface area contributed by atoms with Crippen LogP contribution < -0.4 is 0 Å². The third-order valence-electron chi connectivity index (χ3n) is 2.68. The van der Waals surface area contributed by atoms with Crippen molar-refractivity contribution in [2.24, 2.45) is 0 Å². The molecule has 1 aliphatic rings. The molecule has 4 heteroatoms. The summed E-state index contributed by atoms with van der Waals surface area (Å²) in [6.45, 7) is 0. The number of hydrogen-bond donors (Lipinski definition) is 0. The molecule has 0 fully saturated rings. The minimum Gasteiger partial charge on any atom is -0.301 e. The van der Waals surface area contributed by atoms with E-state index in [1.165, 1.54) is 10.5 Å². The van der Waals surface area contributed by atoms with Crippen LogP contribution in [0.4, 0.5) is 0 Å². The van der Waals surface area contributed by atoms with Crippen molar-refractivity contribution in [3.63, 3.8) is 0 Å². The van der Waals surface area contributed by atoms with Crippen LogP contribution in [0.2, 0.25) is 0 Å². The highest BCUT2D eigenvalue weighted by Crippen LogP contribution is 2.33. The number of hydrogen-bond acceptors (Lipinski definition) is 4. The van der Waals surface area contributed by atoms with Crippen molar-refractivity contribution in [2.75, 3.05) is 19.8 Å².